The molecule has 1 rings (SSSR count). The van der Waals surface area contributed by atoms with E-state index >= 15 is 0 Å². The summed E-state index contributed by atoms with van der Waals surface area (Å²) >= 11 is 0. The van der Waals surface area contributed by atoms with Gasteiger partial charge in [0.25, 0.3) is 5.91 Å². The molecule has 0 aliphatic rings. The molecule has 0 bridgehead atoms. The molecule has 0 aromatic heterocycles. The van der Waals surface area contributed by atoms with E-state index in [-0.39, 0.29) is 17.9 Å². The number of phenols is 1. The predicted molar refractivity (Wildman–Crippen MR) is 50.6 cm³/mol. The fraction of sp³-hybridized carbons (Fsp3) is 0.100. The van der Waals surface area contributed by atoms with Crippen molar-refractivity contribution in [2.45, 2.75) is 0 Å². The molecule has 3 nitrogen and oxygen atoms in total. The van der Waals surface area contributed by atoms with Crippen LogP contribution >= 0.6 is 0 Å². The fourth-order valence-corrected chi connectivity index (χ4v) is 0.948. The Hall–Kier alpha value is -1.84. The number of carbonyl (C=O) groups excluding carboxylic acids is 1. The third kappa shape index (κ3) is 2.32. The minimum atomic E-state index is -0.744. The molecule has 0 heterocycles. The van der Waals surface area contributed by atoms with Crippen molar-refractivity contribution in [1.29, 1.82) is 0 Å². The summed E-state index contributed by atoms with van der Waals surface area (Å²) in [6.07, 6.45) is 1.50. The number of carbonyl (C=O) groups is 1. The molecule has 1 aromatic carbocycles. The third-order valence-electron chi connectivity index (χ3n) is 1.60. The monoisotopic (exact) mass is 195 g/mol. The van der Waals surface area contributed by atoms with Crippen molar-refractivity contribution >= 4 is 5.91 Å². The van der Waals surface area contributed by atoms with Crippen LogP contribution in [-0.4, -0.2) is 17.6 Å². The number of hydrogen-bond donors (Lipinski definition) is 2. The first-order valence-corrected chi connectivity index (χ1v) is 4.02. The molecule has 0 atom stereocenters. The Balaban J connectivity index is 2.84. The van der Waals surface area contributed by atoms with E-state index in [9.17, 15) is 9.18 Å². The summed E-state index contributed by atoms with van der Waals surface area (Å²) in [5.74, 6) is -1.48. The van der Waals surface area contributed by atoms with Gasteiger partial charge in [-0.15, -0.1) is 6.58 Å². The highest BCUT2D eigenvalue weighted by Gasteiger charge is 2.10. The average Bonchev–Trinajstić information content (AvgIpc) is 2.14. The Bertz CT molecular complexity index is 363. The van der Waals surface area contributed by atoms with Crippen LogP contribution in [0.15, 0.2) is 30.9 Å². The maximum absolute atomic E-state index is 13.1. The van der Waals surface area contributed by atoms with E-state index in [1.165, 1.54) is 18.2 Å². The molecule has 0 spiro atoms. The number of amides is 1. The van der Waals surface area contributed by atoms with Gasteiger partial charge in [-0.25, -0.2) is 4.39 Å². The summed E-state index contributed by atoms with van der Waals surface area (Å²) < 4.78 is 13.1. The molecule has 0 saturated heterocycles. The highest BCUT2D eigenvalue weighted by molar-refractivity contribution is 5.94. The molecule has 0 fully saturated rings. The van der Waals surface area contributed by atoms with Crippen LogP contribution < -0.4 is 5.32 Å². The third-order valence-corrected chi connectivity index (χ3v) is 1.60. The Morgan fingerprint density at radius 1 is 1.64 bits per heavy atom. The van der Waals surface area contributed by atoms with E-state index in [1.54, 1.807) is 0 Å². The fourth-order valence-electron chi connectivity index (χ4n) is 0.948. The van der Waals surface area contributed by atoms with Crippen molar-refractivity contribution in [3.63, 3.8) is 0 Å². The van der Waals surface area contributed by atoms with E-state index in [0.717, 1.165) is 6.07 Å². The lowest BCUT2D eigenvalue weighted by molar-refractivity contribution is 0.0954. The average molecular weight is 195 g/mol. The number of aromatic hydroxyl groups is 1. The van der Waals surface area contributed by atoms with Crippen molar-refractivity contribution in [2.75, 3.05) is 6.54 Å². The molecule has 0 saturated carbocycles. The van der Waals surface area contributed by atoms with Crippen LogP contribution in [0.2, 0.25) is 0 Å². The second-order valence-electron chi connectivity index (χ2n) is 2.66. The second kappa shape index (κ2) is 4.41. The molecule has 1 aromatic rings. The van der Waals surface area contributed by atoms with Gasteiger partial charge in [0.15, 0.2) is 0 Å². The summed E-state index contributed by atoms with van der Waals surface area (Å²) in [5, 5.41) is 11.3. The number of rotatable bonds is 3. The minimum absolute atomic E-state index is 0.0929. The van der Waals surface area contributed by atoms with Gasteiger partial charge < -0.3 is 10.4 Å². The zero-order valence-corrected chi connectivity index (χ0v) is 7.46. The second-order valence-corrected chi connectivity index (χ2v) is 2.66. The summed E-state index contributed by atoms with van der Waals surface area (Å²) in [5.41, 5.74) is -0.0929. The van der Waals surface area contributed by atoms with Gasteiger partial charge in [-0.1, -0.05) is 6.08 Å². The van der Waals surface area contributed by atoms with Gasteiger partial charge in [0.1, 0.15) is 11.6 Å². The lowest BCUT2D eigenvalue weighted by atomic mass is 10.2. The Morgan fingerprint density at radius 3 is 2.93 bits per heavy atom. The maximum Gasteiger partial charge on any atom is 0.254 e. The molecular formula is C10H10FNO2. The van der Waals surface area contributed by atoms with Crippen LogP contribution in [-0.2, 0) is 0 Å². The van der Waals surface area contributed by atoms with Crippen LogP contribution in [0.25, 0.3) is 0 Å². The van der Waals surface area contributed by atoms with Crippen molar-refractivity contribution in [3.8, 4) is 5.75 Å². The highest BCUT2D eigenvalue weighted by Crippen LogP contribution is 2.14. The minimum Gasteiger partial charge on any atom is -0.508 e. The van der Waals surface area contributed by atoms with Gasteiger partial charge in [0, 0.05) is 12.6 Å². The topological polar surface area (TPSA) is 49.3 Å². The van der Waals surface area contributed by atoms with Crippen molar-refractivity contribution in [2.24, 2.45) is 0 Å². The van der Waals surface area contributed by atoms with Crippen LogP contribution in [0.1, 0.15) is 10.4 Å². The molecule has 2 N–H and O–H groups in total. The number of phenolic OH excluding ortho intramolecular Hbond substituents is 1. The molecule has 0 unspecified atom stereocenters. The summed E-state index contributed by atoms with van der Waals surface area (Å²) in [7, 11) is 0. The summed E-state index contributed by atoms with van der Waals surface area (Å²) in [6, 6.07) is 3.37. The molecule has 74 valence electrons. The van der Waals surface area contributed by atoms with Gasteiger partial charge in [0.2, 0.25) is 0 Å². The van der Waals surface area contributed by atoms with Crippen LogP contribution in [0, 0.1) is 5.82 Å². The number of halogens is 1. The van der Waals surface area contributed by atoms with E-state index in [0.29, 0.717) is 0 Å². The lowest BCUT2D eigenvalue weighted by Crippen LogP contribution is -2.24. The van der Waals surface area contributed by atoms with Crippen molar-refractivity contribution in [3.05, 3.63) is 42.2 Å². The number of hydrogen-bond acceptors (Lipinski definition) is 2. The molecule has 14 heavy (non-hydrogen) atoms. The quantitative estimate of drug-likeness (QED) is 0.717. The van der Waals surface area contributed by atoms with E-state index in [1.807, 2.05) is 0 Å². The van der Waals surface area contributed by atoms with E-state index < -0.39 is 11.7 Å². The van der Waals surface area contributed by atoms with Crippen LogP contribution in [0.3, 0.4) is 0 Å². The van der Waals surface area contributed by atoms with Crippen LogP contribution in [0.4, 0.5) is 4.39 Å². The molecule has 0 aliphatic carbocycles. The van der Waals surface area contributed by atoms with E-state index in [4.69, 9.17) is 5.11 Å². The smallest absolute Gasteiger partial charge is 0.254 e. The molecule has 0 aliphatic heterocycles. The SMILES string of the molecule is C=CCNC(=O)c1ccc(O)cc1F. The van der Waals surface area contributed by atoms with E-state index in [2.05, 4.69) is 11.9 Å². The standard InChI is InChI=1S/C10H10FNO2/c1-2-5-12-10(14)8-4-3-7(13)6-9(8)11/h2-4,6,13H,1,5H2,(H,12,14). The van der Waals surface area contributed by atoms with Gasteiger partial charge >= 0.3 is 0 Å². The first-order valence-electron chi connectivity index (χ1n) is 4.02. The zero-order chi connectivity index (χ0) is 10.6. The van der Waals surface area contributed by atoms with Crippen LogP contribution in [0.5, 0.6) is 5.75 Å². The van der Waals surface area contributed by atoms with Crippen molar-refractivity contribution < 1.29 is 14.3 Å². The zero-order valence-electron chi connectivity index (χ0n) is 7.46. The molecule has 0 radical (unpaired) electrons. The Kier molecular flexibility index (Phi) is 3.23. The molecular weight excluding hydrogens is 185 g/mol. The number of nitrogens with one attached hydrogen (secondary N) is 1. The van der Waals surface area contributed by atoms with Gasteiger partial charge in [-0.05, 0) is 12.1 Å². The van der Waals surface area contributed by atoms with Gasteiger partial charge in [-0.3, -0.25) is 4.79 Å². The Labute approximate surface area is 80.9 Å². The predicted octanol–water partition coefficient (Wildman–Crippen LogP) is 1.45. The molecule has 1 amide bonds. The van der Waals surface area contributed by atoms with Gasteiger partial charge in [0.05, 0.1) is 5.56 Å². The number of benzene rings is 1. The molecule has 4 heteroatoms. The Morgan fingerprint density at radius 2 is 2.36 bits per heavy atom. The maximum atomic E-state index is 13.1. The van der Waals surface area contributed by atoms with Crippen molar-refractivity contribution in [1.82, 2.24) is 5.32 Å². The summed E-state index contributed by atoms with van der Waals surface area (Å²) in [4.78, 5) is 11.3. The lowest BCUT2D eigenvalue weighted by Gasteiger charge is -2.03. The highest BCUT2D eigenvalue weighted by atomic mass is 19.1. The summed E-state index contributed by atoms with van der Waals surface area (Å²) in [6.45, 7) is 3.69. The largest absolute Gasteiger partial charge is 0.508 e. The first kappa shape index (κ1) is 10.2. The first-order chi connectivity index (χ1) is 6.65. The normalized spacial score (nSPS) is 9.50. The van der Waals surface area contributed by atoms with Gasteiger partial charge in [-0.2, -0.15) is 0 Å².